The molecule has 94 valence electrons. The summed E-state index contributed by atoms with van der Waals surface area (Å²) < 4.78 is 45.7. The van der Waals surface area contributed by atoms with Gasteiger partial charge in [0, 0.05) is 5.33 Å². The van der Waals surface area contributed by atoms with Crippen LogP contribution in [0.2, 0.25) is 0 Å². The normalized spacial score (nSPS) is 10.5. The van der Waals surface area contributed by atoms with Crippen LogP contribution < -0.4 is 4.74 Å². The molecule has 0 heterocycles. The molecule has 0 N–H and O–H groups in total. The van der Waals surface area contributed by atoms with Crippen LogP contribution in [0.25, 0.3) is 0 Å². The van der Waals surface area contributed by atoms with Gasteiger partial charge in [0.1, 0.15) is 0 Å². The van der Waals surface area contributed by atoms with Crippen molar-refractivity contribution in [3.63, 3.8) is 0 Å². The topological polar surface area (TPSA) is 35.5 Å². The number of methoxy groups -OCH3 is 1. The van der Waals surface area contributed by atoms with Crippen molar-refractivity contribution in [2.24, 2.45) is 0 Å². The van der Waals surface area contributed by atoms with Crippen LogP contribution in [0.1, 0.15) is 15.9 Å². The first-order valence-corrected chi connectivity index (χ1v) is 5.53. The molecule has 0 amide bonds. The van der Waals surface area contributed by atoms with E-state index in [-0.39, 0.29) is 16.5 Å². The smallest absolute Gasteiger partial charge is 0.387 e. The highest BCUT2D eigenvalue weighted by molar-refractivity contribution is 9.08. The van der Waals surface area contributed by atoms with Gasteiger partial charge in [-0.3, -0.25) is 0 Å². The number of carbonyl (C=O) groups excluding carboxylic acids is 1. The second-order valence-electron chi connectivity index (χ2n) is 2.94. The third kappa shape index (κ3) is 3.36. The van der Waals surface area contributed by atoms with E-state index in [4.69, 9.17) is 0 Å². The van der Waals surface area contributed by atoms with Gasteiger partial charge in [-0.15, -0.1) is 0 Å². The summed E-state index contributed by atoms with van der Waals surface area (Å²) in [5.74, 6) is -2.41. The standard InChI is InChI=1S/C10H8BrF3O3/c1-16-9(15)6-3-8(17-10(13)14)7(12)2-5(6)4-11/h2-3,10H,4H2,1H3. The Bertz CT molecular complexity index is 424. The molecule has 7 heteroatoms. The lowest BCUT2D eigenvalue weighted by Gasteiger charge is -2.10. The fourth-order valence-electron chi connectivity index (χ4n) is 1.19. The van der Waals surface area contributed by atoms with Gasteiger partial charge in [-0.25, -0.2) is 9.18 Å². The predicted molar refractivity (Wildman–Crippen MR) is 57.0 cm³/mol. The molecule has 0 atom stereocenters. The summed E-state index contributed by atoms with van der Waals surface area (Å²) in [4.78, 5) is 11.3. The second-order valence-corrected chi connectivity index (χ2v) is 3.50. The summed E-state index contributed by atoms with van der Waals surface area (Å²) in [6.45, 7) is -3.16. The number of benzene rings is 1. The van der Waals surface area contributed by atoms with Crippen molar-refractivity contribution >= 4 is 21.9 Å². The SMILES string of the molecule is COC(=O)c1cc(OC(F)F)c(F)cc1CBr. The molecular formula is C10H8BrF3O3. The molecule has 17 heavy (non-hydrogen) atoms. The summed E-state index contributed by atoms with van der Waals surface area (Å²) in [6, 6.07) is 1.84. The average molecular weight is 313 g/mol. The molecule has 0 bridgehead atoms. The lowest BCUT2D eigenvalue weighted by atomic mass is 10.1. The molecule has 0 spiro atoms. The monoisotopic (exact) mass is 312 g/mol. The molecule has 0 saturated heterocycles. The first-order valence-electron chi connectivity index (χ1n) is 4.41. The van der Waals surface area contributed by atoms with Crippen molar-refractivity contribution in [1.82, 2.24) is 0 Å². The summed E-state index contributed by atoms with van der Waals surface area (Å²) in [5.41, 5.74) is 0.261. The van der Waals surface area contributed by atoms with Crippen molar-refractivity contribution in [2.45, 2.75) is 11.9 Å². The van der Waals surface area contributed by atoms with E-state index >= 15 is 0 Å². The zero-order valence-corrected chi connectivity index (χ0v) is 10.3. The Morgan fingerprint density at radius 1 is 1.47 bits per heavy atom. The molecular weight excluding hydrogens is 305 g/mol. The molecule has 0 saturated carbocycles. The van der Waals surface area contributed by atoms with E-state index in [9.17, 15) is 18.0 Å². The van der Waals surface area contributed by atoms with Gasteiger partial charge >= 0.3 is 12.6 Å². The third-order valence-electron chi connectivity index (χ3n) is 1.92. The number of carbonyl (C=O) groups is 1. The fraction of sp³-hybridized carbons (Fsp3) is 0.300. The van der Waals surface area contributed by atoms with Crippen molar-refractivity contribution in [3.8, 4) is 5.75 Å². The lowest BCUT2D eigenvalue weighted by Crippen LogP contribution is -2.09. The number of hydrogen-bond acceptors (Lipinski definition) is 3. The van der Waals surface area contributed by atoms with Gasteiger partial charge in [-0.2, -0.15) is 8.78 Å². The lowest BCUT2D eigenvalue weighted by molar-refractivity contribution is -0.0522. The van der Waals surface area contributed by atoms with Crippen molar-refractivity contribution in [1.29, 1.82) is 0 Å². The van der Waals surface area contributed by atoms with Gasteiger partial charge in [-0.1, -0.05) is 15.9 Å². The number of halogens is 4. The highest BCUT2D eigenvalue weighted by atomic mass is 79.9. The Hall–Kier alpha value is -1.24. The maximum absolute atomic E-state index is 13.3. The highest BCUT2D eigenvalue weighted by Gasteiger charge is 2.18. The Morgan fingerprint density at radius 3 is 2.59 bits per heavy atom. The van der Waals surface area contributed by atoms with Gasteiger partial charge in [0.25, 0.3) is 0 Å². The first kappa shape index (κ1) is 13.8. The van der Waals surface area contributed by atoms with Crippen molar-refractivity contribution < 1.29 is 27.4 Å². The van der Waals surface area contributed by atoms with Gasteiger partial charge in [0.2, 0.25) is 0 Å². The number of alkyl halides is 3. The fourth-order valence-corrected chi connectivity index (χ4v) is 1.66. The molecule has 1 aromatic rings. The molecule has 0 aliphatic heterocycles. The molecule has 0 unspecified atom stereocenters. The van der Waals surface area contributed by atoms with Crippen LogP contribution >= 0.6 is 15.9 Å². The zero-order valence-electron chi connectivity index (χ0n) is 8.68. The molecule has 0 aliphatic carbocycles. The second kappa shape index (κ2) is 5.90. The van der Waals surface area contributed by atoms with Crippen LogP contribution in [0, 0.1) is 5.82 Å². The van der Waals surface area contributed by atoms with Gasteiger partial charge in [0.15, 0.2) is 11.6 Å². The van der Waals surface area contributed by atoms with Crippen LogP contribution in [0.15, 0.2) is 12.1 Å². The minimum Gasteiger partial charge on any atom is -0.465 e. The Kier molecular flexibility index (Phi) is 4.80. The Balaban J connectivity index is 3.22. The maximum Gasteiger partial charge on any atom is 0.387 e. The van der Waals surface area contributed by atoms with Crippen LogP contribution in [-0.2, 0) is 10.1 Å². The zero-order chi connectivity index (χ0) is 13.0. The van der Waals surface area contributed by atoms with Crippen LogP contribution in [0.4, 0.5) is 13.2 Å². The third-order valence-corrected chi connectivity index (χ3v) is 2.53. The number of rotatable bonds is 4. The largest absolute Gasteiger partial charge is 0.465 e. The van der Waals surface area contributed by atoms with E-state index in [2.05, 4.69) is 25.4 Å². The molecule has 1 rings (SSSR count). The van der Waals surface area contributed by atoms with Crippen LogP contribution in [-0.4, -0.2) is 19.7 Å². The van der Waals surface area contributed by atoms with Gasteiger partial charge in [0.05, 0.1) is 12.7 Å². The summed E-state index contributed by atoms with van der Waals surface area (Å²) in [7, 11) is 1.14. The minimum atomic E-state index is -3.16. The van der Waals surface area contributed by atoms with E-state index in [1.54, 1.807) is 0 Å². The Labute approximate surface area is 104 Å². The van der Waals surface area contributed by atoms with E-state index in [0.29, 0.717) is 0 Å². The number of ether oxygens (including phenoxy) is 2. The maximum atomic E-state index is 13.3. The molecule has 0 aliphatic rings. The molecule has 1 aromatic carbocycles. The number of hydrogen-bond donors (Lipinski definition) is 0. The summed E-state index contributed by atoms with van der Waals surface area (Å²) in [5, 5.41) is 0.184. The van der Waals surface area contributed by atoms with Crippen LogP contribution in [0.3, 0.4) is 0 Å². The Morgan fingerprint density at radius 2 is 2.12 bits per heavy atom. The van der Waals surface area contributed by atoms with Crippen LogP contribution in [0.5, 0.6) is 5.75 Å². The van der Waals surface area contributed by atoms with E-state index < -0.39 is 24.1 Å². The van der Waals surface area contributed by atoms with Gasteiger partial charge < -0.3 is 9.47 Å². The summed E-state index contributed by atoms with van der Waals surface area (Å²) >= 11 is 3.05. The van der Waals surface area contributed by atoms with E-state index in [1.165, 1.54) is 0 Å². The highest BCUT2D eigenvalue weighted by Crippen LogP contribution is 2.26. The molecule has 0 aromatic heterocycles. The van der Waals surface area contributed by atoms with Gasteiger partial charge in [-0.05, 0) is 17.7 Å². The first-order chi connectivity index (χ1) is 7.99. The predicted octanol–water partition coefficient (Wildman–Crippen LogP) is 3.11. The average Bonchev–Trinajstić information content (AvgIpc) is 2.29. The molecule has 0 radical (unpaired) electrons. The minimum absolute atomic E-state index is 0.0265. The number of esters is 1. The quantitative estimate of drug-likeness (QED) is 0.633. The van der Waals surface area contributed by atoms with Crippen molar-refractivity contribution in [2.75, 3.05) is 7.11 Å². The van der Waals surface area contributed by atoms with E-state index in [1.807, 2.05) is 0 Å². The molecule has 3 nitrogen and oxygen atoms in total. The summed E-state index contributed by atoms with van der Waals surface area (Å²) in [6.07, 6.45) is 0. The van der Waals surface area contributed by atoms with Crippen molar-refractivity contribution in [3.05, 3.63) is 29.1 Å². The van der Waals surface area contributed by atoms with E-state index in [0.717, 1.165) is 19.2 Å². The molecule has 0 fully saturated rings.